The Morgan fingerprint density at radius 2 is 2.06 bits per heavy atom. The summed E-state index contributed by atoms with van der Waals surface area (Å²) in [5.41, 5.74) is 7.54. The smallest absolute Gasteiger partial charge is 0.0725 e. The second kappa shape index (κ2) is 4.86. The summed E-state index contributed by atoms with van der Waals surface area (Å²) in [6.07, 6.45) is 3.59. The van der Waals surface area contributed by atoms with Crippen LogP contribution >= 0.6 is 0 Å². The van der Waals surface area contributed by atoms with E-state index in [0.717, 1.165) is 11.1 Å². The highest BCUT2D eigenvalue weighted by Crippen LogP contribution is 2.26. The number of nitrogens with two attached hydrogens (primary N) is 1. The van der Waals surface area contributed by atoms with E-state index in [2.05, 4.69) is 28.6 Å². The molecule has 1 aliphatic heterocycles. The fourth-order valence-electron chi connectivity index (χ4n) is 2.30. The minimum Gasteiger partial charge on any atom is -0.372 e. The van der Waals surface area contributed by atoms with E-state index < -0.39 is 0 Å². The van der Waals surface area contributed by atoms with Crippen molar-refractivity contribution < 1.29 is 4.74 Å². The van der Waals surface area contributed by atoms with Gasteiger partial charge in [0.05, 0.1) is 19.3 Å². The summed E-state index contributed by atoms with van der Waals surface area (Å²) in [5, 5.41) is 0. The third kappa shape index (κ3) is 2.01. The Morgan fingerprint density at radius 1 is 1.17 bits per heavy atom. The summed E-state index contributed by atoms with van der Waals surface area (Å²) < 4.78 is 5.43. The van der Waals surface area contributed by atoms with Crippen molar-refractivity contribution in [1.29, 1.82) is 0 Å². The van der Waals surface area contributed by atoms with Gasteiger partial charge in [-0.05, 0) is 28.3 Å². The van der Waals surface area contributed by atoms with Crippen LogP contribution in [0.15, 0.2) is 42.7 Å². The van der Waals surface area contributed by atoms with Crippen LogP contribution in [0, 0.1) is 0 Å². The Labute approximate surface area is 106 Å². The fraction of sp³-hybridized carbons (Fsp3) is 0.214. The lowest BCUT2D eigenvalue weighted by Crippen LogP contribution is -2.29. The molecule has 2 aromatic rings. The molecule has 0 radical (unpaired) electrons. The van der Waals surface area contributed by atoms with Crippen molar-refractivity contribution in [1.82, 2.24) is 10.4 Å². The van der Waals surface area contributed by atoms with E-state index >= 15 is 0 Å². The third-order valence-electron chi connectivity index (χ3n) is 3.26. The predicted octanol–water partition coefficient (Wildman–Crippen LogP) is 1.66. The van der Waals surface area contributed by atoms with E-state index in [1.165, 1.54) is 11.1 Å². The standard InChI is InChI=1S/C14H15N3O/c15-17-14(11-2-1-5-16-7-11)10-3-4-12-8-18-9-13(12)6-10/h1-7,14,17H,8-9,15H2. The summed E-state index contributed by atoms with van der Waals surface area (Å²) in [6.45, 7) is 1.40. The van der Waals surface area contributed by atoms with Gasteiger partial charge in [-0.2, -0.15) is 0 Å². The molecule has 0 amide bonds. The zero-order valence-electron chi connectivity index (χ0n) is 9.97. The molecule has 3 N–H and O–H groups in total. The first-order valence-corrected chi connectivity index (χ1v) is 5.94. The van der Waals surface area contributed by atoms with Gasteiger partial charge < -0.3 is 4.74 Å². The third-order valence-corrected chi connectivity index (χ3v) is 3.26. The van der Waals surface area contributed by atoms with Gasteiger partial charge in [-0.15, -0.1) is 0 Å². The van der Waals surface area contributed by atoms with E-state index in [-0.39, 0.29) is 6.04 Å². The van der Waals surface area contributed by atoms with Crippen LogP contribution < -0.4 is 11.3 Å². The van der Waals surface area contributed by atoms with Crippen molar-refractivity contribution in [2.75, 3.05) is 0 Å². The fourth-order valence-corrected chi connectivity index (χ4v) is 2.30. The number of nitrogens with zero attached hydrogens (tertiary/aromatic N) is 1. The van der Waals surface area contributed by atoms with Crippen LogP contribution in [-0.4, -0.2) is 4.98 Å². The van der Waals surface area contributed by atoms with Crippen LogP contribution in [0.25, 0.3) is 0 Å². The summed E-state index contributed by atoms with van der Waals surface area (Å²) in [6, 6.07) is 10.2. The van der Waals surface area contributed by atoms with E-state index in [4.69, 9.17) is 10.6 Å². The van der Waals surface area contributed by atoms with Crippen LogP contribution in [0.3, 0.4) is 0 Å². The Morgan fingerprint density at radius 3 is 2.83 bits per heavy atom. The number of nitrogens with one attached hydrogen (secondary N) is 1. The molecule has 0 aliphatic carbocycles. The molecule has 0 bridgehead atoms. The highest BCUT2D eigenvalue weighted by molar-refractivity contribution is 5.38. The van der Waals surface area contributed by atoms with Crippen LogP contribution in [0.4, 0.5) is 0 Å². The molecule has 0 spiro atoms. The van der Waals surface area contributed by atoms with Gasteiger partial charge in [-0.25, -0.2) is 5.43 Å². The number of pyridine rings is 1. The highest BCUT2D eigenvalue weighted by Gasteiger charge is 2.16. The Hall–Kier alpha value is -1.75. The summed E-state index contributed by atoms with van der Waals surface area (Å²) in [7, 11) is 0. The molecule has 1 atom stereocenters. The molecule has 92 valence electrons. The molecule has 1 unspecified atom stereocenters. The Bertz CT molecular complexity index is 542. The molecule has 18 heavy (non-hydrogen) atoms. The number of hydrogen-bond donors (Lipinski definition) is 2. The lowest BCUT2D eigenvalue weighted by Gasteiger charge is -2.17. The SMILES string of the molecule is NNC(c1cccnc1)c1ccc2c(c1)COC2. The number of rotatable bonds is 3. The molecule has 1 aromatic heterocycles. The molecular weight excluding hydrogens is 226 g/mol. The van der Waals surface area contributed by atoms with Gasteiger partial charge in [0, 0.05) is 12.4 Å². The maximum Gasteiger partial charge on any atom is 0.0725 e. The maximum atomic E-state index is 5.67. The number of aromatic nitrogens is 1. The zero-order valence-corrected chi connectivity index (χ0v) is 9.97. The lowest BCUT2D eigenvalue weighted by molar-refractivity contribution is 0.134. The molecule has 0 saturated heterocycles. The topological polar surface area (TPSA) is 60.2 Å². The van der Waals surface area contributed by atoms with Gasteiger partial charge in [0.1, 0.15) is 0 Å². The van der Waals surface area contributed by atoms with Crippen molar-refractivity contribution in [2.24, 2.45) is 5.84 Å². The largest absolute Gasteiger partial charge is 0.372 e. The second-order valence-corrected chi connectivity index (χ2v) is 4.41. The monoisotopic (exact) mass is 241 g/mol. The summed E-state index contributed by atoms with van der Waals surface area (Å²) >= 11 is 0. The molecular formula is C14H15N3O. The molecule has 4 heteroatoms. The van der Waals surface area contributed by atoms with E-state index in [0.29, 0.717) is 13.2 Å². The van der Waals surface area contributed by atoms with Crippen LogP contribution in [0.1, 0.15) is 28.3 Å². The highest BCUT2D eigenvalue weighted by atomic mass is 16.5. The Balaban J connectivity index is 1.97. The number of fused-ring (bicyclic) bond motifs is 1. The first-order valence-electron chi connectivity index (χ1n) is 5.94. The lowest BCUT2D eigenvalue weighted by atomic mass is 9.97. The average Bonchev–Trinajstić information content (AvgIpc) is 2.88. The van der Waals surface area contributed by atoms with Gasteiger partial charge in [0.25, 0.3) is 0 Å². The maximum absolute atomic E-state index is 5.67. The molecule has 4 nitrogen and oxygen atoms in total. The molecule has 2 heterocycles. The van der Waals surface area contributed by atoms with Crippen LogP contribution in [0.5, 0.6) is 0 Å². The van der Waals surface area contributed by atoms with E-state index in [1.807, 2.05) is 18.3 Å². The molecule has 0 saturated carbocycles. The normalized spacial score (nSPS) is 15.4. The van der Waals surface area contributed by atoms with Gasteiger partial charge in [0.2, 0.25) is 0 Å². The minimum absolute atomic E-state index is 0.0374. The number of hydrogen-bond acceptors (Lipinski definition) is 4. The predicted molar refractivity (Wildman–Crippen MR) is 68.3 cm³/mol. The summed E-state index contributed by atoms with van der Waals surface area (Å²) in [5.74, 6) is 5.67. The van der Waals surface area contributed by atoms with Gasteiger partial charge in [-0.1, -0.05) is 24.3 Å². The number of hydrazine groups is 1. The molecule has 3 rings (SSSR count). The summed E-state index contributed by atoms with van der Waals surface area (Å²) in [4.78, 5) is 4.13. The minimum atomic E-state index is -0.0374. The first-order chi connectivity index (χ1) is 8.88. The van der Waals surface area contributed by atoms with Crippen molar-refractivity contribution in [3.05, 3.63) is 65.0 Å². The van der Waals surface area contributed by atoms with Crippen molar-refractivity contribution >= 4 is 0 Å². The van der Waals surface area contributed by atoms with Crippen LogP contribution in [0.2, 0.25) is 0 Å². The van der Waals surface area contributed by atoms with Crippen LogP contribution in [-0.2, 0) is 18.0 Å². The van der Waals surface area contributed by atoms with E-state index in [9.17, 15) is 0 Å². The Kier molecular flexibility index (Phi) is 3.06. The zero-order chi connectivity index (χ0) is 12.4. The molecule has 0 fully saturated rings. The number of ether oxygens (including phenoxy) is 1. The first kappa shape index (κ1) is 11.3. The van der Waals surface area contributed by atoms with E-state index in [1.54, 1.807) is 6.20 Å². The van der Waals surface area contributed by atoms with Gasteiger partial charge in [-0.3, -0.25) is 10.8 Å². The molecule has 1 aliphatic rings. The average molecular weight is 241 g/mol. The quantitative estimate of drug-likeness (QED) is 0.634. The van der Waals surface area contributed by atoms with Crippen molar-refractivity contribution in [3.63, 3.8) is 0 Å². The van der Waals surface area contributed by atoms with Crippen molar-refractivity contribution in [2.45, 2.75) is 19.3 Å². The molecule has 1 aromatic carbocycles. The number of benzene rings is 1. The van der Waals surface area contributed by atoms with Gasteiger partial charge in [0.15, 0.2) is 0 Å². The van der Waals surface area contributed by atoms with Crippen molar-refractivity contribution in [3.8, 4) is 0 Å². The van der Waals surface area contributed by atoms with Gasteiger partial charge >= 0.3 is 0 Å². The second-order valence-electron chi connectivity index (χ2n) is 4.41.